The molecule has 15 heavy (non-hydrogen) atoms. The van der Waals surface area contributed by atoms with Gasteiger partial charge in [-0.25, -0.2) is 4.39 Å². The topological polar surface area (TPSA) is 26.3 Å². The van der Waals surface area contributed by atoms with E-state index in [1.54, 1.807) is 13.8 Å². The molecule has 0 aliphatic carbocycles. The van der Waals surface area contributed by atoms with E-state index in [-0.39, 0.29) is 18.2 Å². The van der Waals surface area contributed by atoms with E-state index in [1.165, 1.54) is 6.07 Å². The van der Waals surface area contributed by atoms with E-state index in [9.17, 15) is 9.18 Å². The number of hydrogen-bond acceptors (Lipinski definition) is 2. The molecule has 0 spiro atoms. The molecule has 0 N–H and O–H groups in total. The second-order valence-electron chi connectivity index (χ2n) is 3.50. The molecule has 0 aliphatic heterocycles. The number of halogens is 1. The molecular formula is C12H15FO2. The smallest absolute Gasteiger partial charge is 0.310 e. The fraction of sp³-hybridized carbons (Fsp3) is 0.417. The van der Waals surface area contributed by atoms with E-state index >= 15 is 0 Å². The van der Waals surface area contributed by atoms with Crippen LogP contribution >= 0.6 is 0 Å². The van der Waals surface area contributed by atoms with Crippen molar-refractivity contribution >= 4 is 5.97 Å². The number of carbonyl (C=O) groups is 1. The van der Waals surface area contributed by atoms with Gasteiger partial charge in [0.05, 0.1) is 13.0 Å². The van der Waals surface area contributed by atoms with Crippen molar-refractivity contribution in [1.82, 2.24) is 0 Å². The predicted octanol–water partition coefficient (Wildman–Crippen LogP) is 2.55. The zero-order chi connectivity index (χ0) is 11.4. The second-order valence-corrected chi connectivity index (χ2v) is 3.50. The minimum Gasteiger partial charge on any atom is -0.466 e. The van der Waals surface area contributed by atoms with Gasteiger partial charge in [0, 0.05) is 0 Å². The van der Waals surface area contributed by atoms with Gasteiger partial charge in [-0.15, -0.1) is 0 Å². The average molecular weight is 210 g/mol. The van der Waals surface area contributed by atoms with Gasteiger partial charge in [-0.3, -0.25) is 4.79 Å². The SMILES string of the molecule is CCOC(=O)Cc1cc(C)c(C)c(F)c1. The maximum atomic E-state index is 13.3. The molecule has 0 atom stereocenters. The minimum atomic E-state index is -0.319. The third kappa shape index (κ3) is 3.05. The first-order valence-electron chi connectivity index (χ1n) is 4.95. The molecule has 0 fully saturated rings. The fourth-order valence-electron chi connectivity index (χ4n) is 1.37. The van der Waals surface area contributed by atoms with Crippen molar-refractivity contribution in [2.24, 2.45) is 0 Å². The summed E-state index contributed by atoms with van der Waals surface area (Å²) in [4.78, 5) is 11.2. The van der Waals surface area contributed by atoms with Crippen LogP contribution in [0.3, 0.4) is 0 Å². The molecule has 0 heterocycles. The van der Waals surface area contributed by atoms with Crippen LogP contribution in [0.5, 0.6) is 0 Å². The van der Waals surface area contributed by atoms with Crippen LogP contribution in [0.15, 0.2) is 12.1 Å². The quantitative estimate of drug-likeness (QED) is 0.717. The summed E-state index contributed by atoms with van der Waals surface area (Å²) in [5, 5.41) is 0. The van der Waals surface area contributed by atoms with Crippen LogP contribution < -0.4 is 0 Å². The lowest BCUT2D eigenvalue weighted by Crippen LogP contribution is -2.08. The van der Waals surface area contributed by atoms with Crippen LogP contribution in [-0.4, -0.2) is 12.6 Å². The summed E-state index contributed by atoms with van der Waals surface area (Å²) in [6, 6.07) is 3.20. The Kier molecular flexibility index (Phi) is 3.83. The number of carbonyl (C=O) groups excluding carboxylic acids is 1. The first kappa shape index (κ1) is 11.7. The van der Waals surface area contributed by atoms with Crippen molar-refractivity contribution in [1.29, 1.82) is 0 Å². The van der Waals surface area contributed by atoms with E-state index in [1.807, 2.05) is 13.0 Å². The van der Waals surface area contributed by atoms with Crippen molar-refractivity contribution in [3.8, 4) is 0 Å². The molecule has 3 heteroatoms. The van der Waals surface area contributed by atoms with E-state index < -0.39 is 0 Å². The van der Waals surface area contributed by atoms with Crippen molar-refractivity contribution < 1.29 is 13.9 Å². The minimum absolute atomic E-state index is 0.131. The maximum absolute atomic E-state index is 13.3. The lowest BCUT2D eigenvalue weighted by atomic mass is 10.0. The Balaban J connectivity index is 2.83. The number of esters is 1. The highest BCUT2D eigenvalue weighted by atomic mass is 19.1. The first-order valence-corrected chi connectivity index (χ1v) is 4.95. The van der Waals surface area contributed by atoms with Crippen LogP contribution in [0.2, 0.25) is 0 Å². The zero-order valence-corrected chi connectivity index (χ0v) is 9.26. The first-order chi connectivity index (χ1) is 7.04. The summed E-state index contributed by atoms with van der Waals surface area (Å²) in [6.45, 7) is 5.65. The molecule has 0 aromatic heterocycles. The van der Waals surface area contributed by atoms with Crippen LogP contribution in [0, 0.1) is 19.7 Å². The van der Waals surface area contributed by atoms with Crippen molar-refractivity contribution in [3.63, 3.8) is 0 Å². The predicted molar refractivity (Wildman–Crippen MR) is 56.2 cm³/mol. The van der Waals surface area contributed by atoms with Gasteiger partial charge < -0.3 is 4.74 Å². The molecule has 0 aliphatic rings. The van der Waals surface area contributed by atoms with Crippen molar-refractivity contribution in [3.05, 3.63) is 34.6 Å². The van der Waals surface area contributed by atoms with Gasteiger partial charge in [0.15, 0.2) is 0 Å². The molecule has 1 aromatic rings. The zero-order valence-electron chi connectivity index (χ0n) is 9.26. The number of rotatable bonds is 3. The number of benzene rings is 1. The summed E-state index contributed by atoms with van der Waals surface area (Å²) in [6.07, 6.45) is 0.131. The Labute approximate surface area is 89.1 Å². The largest absolute Gasteiger partial charge is 0.466 e. The molecule has 0 amide bonds. The van der Waals surface area contributed by atoms with Crippen LogP contribution in [0.4, 0.5) is 4.39 Å². The standard InChI is InChI=1S/C12H15FO2/c1-4-15-12(14)7-10-5-8(2)9(3)11(13)6-10/h5-6H,4,7H2,1-3H3. The molecule has 0 saturated carbocycles. The van der Waals surface area contributed by atoms with E-state index in [2.05, 4.69) is 0 Å². The Morgan fingerprint density at radius 1 is 1.40 bits per heavy atom. The molecular weight excluding hydrogens is 195 g/mol. The Morgan fingerprint density at radius 3 is 2.60 bits per heavy atom. The van der Waals surface area contributed by atoms with Gasteiger partial charge >= 0.3 is 5.97 Å². The van der Waals surface area contributed by atoms with Gasteiger partial charge in [0.1, 0.15) is 5.82 Å². The molecule has 0 radical (unpaired) electrons. The Bertz CT molecular complexity index is 349. The van der Waals surface area contributed by atoms with Crippen molar-refractivity contribution in [2.45, 2.75) is 27.2 Å². The van der Waals surface area contributed by atoms with Gasteiger partial charge in [0.25, 0.3) is 0 Å². The number of hydrogen-bond donors (Lipinski definition) is 0. The van der Waals surface area contributed by atoms with Crippen LogP contribution in [-0.2, 0) is 16.0 Å². The molecule has 82 valence electrons. The molecule has 1 aromatic carbocycles. The summed E-state index contributed by atoms with van der Waals surface area (Å²) >= 11 is 0. The highest BCUT2D eigenvalue weighted by molar-refractivity contribution is 5.72. The molecule has 0 saturated heterocycles. The maximum Gasteiger partial charge on any atom is 0.310 e. The fourth-order valence-corrected chi connectivity index (χ4v) is 1.37. The van der Waals surface area contributed by atoms with Gasteiger partial charge in [0.2, 0.25) is 0 Å². The molecule has 0 unspecified atom stereocenters. The van der Waals surface area contributed by atoms with Gasteiger partial charge in [-0.1, -0.05) is 6.07 Å². The highest BCUT2D eigenvalue weighted by Crippen LogP contribution is 2.15. The molecule has 2 nitrogen and oxygen atoms in total. The monoisotopic (exact) mass is 210 g/mol. The second kappa shape index (κ2) is 4.91. The third-order valence-electron chi connectivity index (χ3n) is 2.32. The highest BCUT2D eigenvalue weighted by Gasteiger charge is 2.08. The van der Waals surface area contributed by atoms with E-state index in [0.717, 1.165) is 5.56 Å². The summed E-state index contributed by atoms with van der Waals surface area (Å²) in [5.41, 5.74) is 2.14. The number of aryl methyl sites for hydroxylation is 1. The normalized spacial score (nSPS) is 10.1. The average Bonchev–Trinajstić information content (AvgIpc) is 2.14. The van der Waals surface area contributed by atoms with Crippen LogP contribution in [0.1, 0.15) is 23.6 Å². The summed E-state index contributed by atoms with van der Waals surface area (Å²) in [5.74, 6) is -0.588. The summed E-state index contributed by atoms with van der Waals surface area (Å²) < 4.78 is 18.1. The Morgan fingerprint density at radius 2 is 2.07 bits per heavy atom. The number of ether oxygens (including phenoxy) is 1. The lowest BCUT2D eigenvalue weighted by Gasteiger charge is -2.06. The van der Waals surface area contributed by atoms with Gasteiger partial charge in [-0.2, -0.15) is 0 Å². The Hall–Kier alpha value is -1.38. The summed E-state index contributed by atoms with van der Waals surface area (Å²) in [7, 11) is 0. The van der Waals surface area contributed by atoms with E-state index in [0.29, 0.717) is 17.7 Å². The van der Waals surface area contributed by atoms with E-state index in [4.69, 9.17) is 4.74 Å². The molecule has 1 rings (SSSR count). The van der Waals surface area contributed by atoms with Crippen molar-refractivity contribution in [2.75, 3.05) is 6.61 Å². The molecule has 0 bridgehead atoms. The lowest BCUT2D eigenvalue weighted by molar-refractivity contribution is -0.142. The third-order valence-corrected chi connectivity index (χ3v) is 2.32. The van der Waals surface area contributed by atoms with Crippen LogP contribution in [0.25, 0.3) is 0 Å². The van der Waals surface area contributed by atoms with Gasteiger partial charge in [-0.05, 0) is 43.5 Å².